The summed E-state index contributed by atoms with van der Waals surface area (Å²) in [7, 11) is 0. The number of halogens is 1. The molecule has 2 heterocycles. The Balaban J connectivity index is 1.77. The Bertz CT molecular complexity index is 721. The van der Waals surface area contributed by atoms with Crippen molar-refractivity contribution in [2.75, 3.05) is 42.8 Å². The van der Waals surface area contributed by atoms with Crippen LogP contribution in [0.4, 0.5) is 11.6 Å². The molecule has 6 nitrogen and oxygen atoms in total. The fourth-order valence-electron chi connectivity index (χ4n) is 2.30. The minimum Gasteiger partial charge on any atom is -0.378 e. The lowest BCUT2D eigenvalue weighted by molar-refractivity contribution is 0.102. The minimum atomic E-state index is -0.353. The third-order valence-electron chi connectivity index (χ3n) is 3.59. The Morgan fingerprint density at radius 3 is 2.67 bits per heavy atom. The first-order chi connectivity index (χ1) is 11.7. The number of benzene rings is 1. The van der Waals surface area contributed by atoms with E-state index in [4.69, 9.17) is 16.3 Å². The second-order valence-corrected chi connectivity index (χ2v) is 6.44. The van der Waals surface area contributed by atoms with Crippen LogP contribution in [0.2, 0.25) is 5.02 Å². The Kier molecular flexibility index (Phi) is 5.55. The van der Waals surface area contributed by atoms with Crippen LogP contribution in [0.15, 0.2) is 35.4 Å². The Hall–Kier alpha value is -1.83. The first-order valence-electron chi connectivity index (χ1n) is 7.48. The summed E-state index contributed by atoms with van der Waals surface area (Å²) in [6, 6.07) is 7.59. The average molecular weight is 365 g/mol. The summed E-state index contributed by atoms with van der Waals surface area (Å²) in [5, 5.41) is 3.04. The third-order valence-corrected chi connectivity index (χ3v) is 4.61. The summed E-state index contributed by atoms with van der Waals surface area (Å²) in [6.45, 7) is 2.63. The lowest BCUT2D eigenvalue weighted by atomic mass is 10.3. The molecule has 1 aliphatic rings. The third kappa shape index (κ3) is 3.98. The number of rotatable bonds is 4. The number of carbonyl (C=O) groups excluding carboxylic acids is 1. The lowest BCUT2D eigenvalue weighted by Gasteiger charge is -2.26. The van der Waals surface area contributed by atoms with E-state index >= 15 is 0 Å². The molecular formula is C16H17ClN4O2S. The molecule has 0 unspecified atom stereocenters. The van der Waals surface area contributed by atoms with Gasteiger partial charge in [0.2, 0.25) is 5.95 Å². The normalized spacial score (nSPS) is 14.5. The summed E-state index contributed by atoms with van der Waals surface area (Å²) in [4.78, 5) is 24.1. The first-order valence-corrected chi connectivity index (χ1v) is 9.08. The molecule has 0 atom stereocenters. The standard InChI is InChI=1S/C16H17ClN4O2S/c1-24-12-4-2-11(3-5-12)19-15(22)14-13(17)10-18-16(20-14)21-6-8-23-9-7-21/h2-5,10H,6-9H2,1H3,(H,19,22). The van der Waals surface area contributed by atoms with Crippen LogP contribution in [0.3, 0.4) is 0 Å². The van der Waals surface area contributed by atoms with Gasteiger partial charge in [-0.2, -0.15) is 0 Å². The van der Waals surface area contributed by atoms with Crippen molar-refractivity contribution in [3.63, 3.8) is 0 Å². The molecule has 2 aromatic rings. The fraction of sp³-hybridized carbons (Fsp3) is 0.312. The number of nitrogens with one attached hydrogen (secondary N) is 1. The quantitative estimate of drug-likeness (QED) is 0.841. The first kappa shape index (κ1) is 17.0. The molecule has 1 aliphatic heterocycles. The molecule has 0 radical (unpaired) electrons. The second-order valence-electron chi connectivity index (χ2n) is 5.15. The molecule has 1 aromatic heterocycles. The summed E-state index contributed by atoms with van der Waals surface area (Å²) < 4.78 is 5.32. The van der Waals surface area contributed by atoms with E-state index in [1.807, 2.05) is 35.4 Å². The van der Waals surface area contributed by atoms with E-state index in [1.165, 1.54) is 6.20 Å². The van der Waals surface area contributed by atoms with Crippen molar-refractivity contribution in [3.8, 4) is 0 Å². The highest BCUT2D eigenvalue weighted by Crippen LogP contribution is 2.21. The number of amides is 1. The van der Waals surface area contributed by atoms with Gasteiger partial charge in [-0.1, -0.05) is 11.6 Å². The van der Waals surface area contributed by atoms with Gasteiger partial charge in [0.1, 0.15) is 0 Å². The van der Waals surface area contributed by atoms with E-state index in [9.17, 15) is 4.79 Å². The molecule has 1 N–H and O–H groups in total. The number of anilines is 2. The van der Waals surface area contributed by atoms with E-state index in [2.05, 4.69) is 15.3 Å². The maximum absolute atomic E-state index is 12.5. The Morgan fingerprint density at radius 2 is 2.00 bits per heavy atom. The van der Waals surface area contributed by atoms with Crippen LogP contribution in [-0.4, -0.2) is 48.4 Å². The molecule has 126 valence electrons. The highest BCUT2D eigenvalue weighted by Gasteiger charge is 2.19. The van der Waals surface area contributed by atoms with Crippen molar-refractivity contribution in [1.82, 2.24) is 9.97 Å². The molecule has 1 aromatic carbocycles. The maximum atomic E-state index is 12.5. The van der Waals surface area contributed by atoms with E-state index in [1.54, 1.807) is 11.8 Å². The molecule has 0 bridgehead atoms. The second kappa shape index (κ2) is 7.83. The van der Waals surface area contributed by atoms with Gasteiger partial charge in [0.05, 0.1) is 24.4 Å². The molecule has 3 rings (SSSR count). The van der Waals surface area contributed by atoms with Gasteiger partial charge in [-0.25, -0.2) is 9.97 Å². The number of ether oxygens (including phenoxy) is 1. The molecule has 1 fully saturated rings. The predicted molar refractivity (Wildman–Crippen MR) is 96.3 cm³/mol. The Morgan fingerprint density at radius 1 is 1.29 bits per heavy atom. The van der Waals surface area contributed by atoms with Crippen molar-refractivity contribution < 1.29 is 9.53 Å². The lowest BCUT2D eigenvalue weighted by Crippen LogP contribution is -2.37. The molecule has 0 spiro atoms. The number of thioether (sulfide) groups is 1. The zero-order chi connectivity index (χ0) is 16.9. The predicted octanol–water partition coefficient (Wildman–Crippen LogP) is 2.94. The number of morpholine rings is 1. The maximum Gasteiger partial charge on any atom is 0.276 e. The van der Waals surface area contributed by atoms with Gasteiger partial charge < -0.3 is 15.0 Å². The zero-order valence-electron chi connectivity index (χ0n) is 13.2. The molecule has 8 heteroatoms. The Labute approximate surface area is 149 Å². The van der Waals surface area contributed by atoms with Crippen molar-refractivity contribution in [2.45, 2.75) is 4.90 Å². The SMILES string of the molecule is CSc1ccc(NC(=O)c2nc(N3CCOCC3)ncc2Cl)cc1. The molecule has 1 amide bonds. The molecular weight excluding hydrogens is 348 g/mol. The molecule has 1 saturated heterocycles. The van der Waals surface area contributed by atoms with Gasteiger partial charge in [-0.15, -0.1) is 11.8 Å². The van der Waals surface area contributed by atoms with Crippen LogP contribution in [0.5, 0.6) is 0 Å². The smallest absolute Gasteiger partial charge is 0.276 e. The van der Waals surface area contributed by atoms with Crippen LogP contribution in [0.1, 0.15) is 10.5 Å². The van der Waals surface area contributed by atoms with Crippen LogP contribution in [0, 0.1) is 0 Å². The number of aromatic nitrogens is 2. The topological polar surface area (TPSA) is 67.4 Å². The molecule has 0 aliphatic carbocycles. The molecule has 0 saturated carbocycles. The number of carbonyl (C=O) groups is 1. The summed E-state index contributed by atoms with van der Waals surface area (Å²) in [5.41, 5.74) is 0.863. The van der Waals surface area contributed by atoms with Crippen molar-refractivity contribution in [3.05, 3.63) is 41.2 Å². The number of nitrogens with zero attached hydrogens (tertiary/aromatic N) is 3. The van der Waals surface area contributed by atoms with E-state index in [-0.39, 0.29) is 16.6 Å². The van der Waals surface area contributed by atoms with E-state index < -0.39 is 0 Å². The number of hydrogen-bond donors (Lipinski definition) is 1. The van der Waals surface area contributed by atoms with E-state index in [0.717, 1.165) is 4.90 Å². The summed E-state index contributed by atoms with van der Waals surface area (Å²) in [6.07, 6.45) is 3.46. The van der Waals surface area contributed by atoms with Crippen LogP contribution < -0.4 is 10.2 Å². The van der Waals surface area contributed by atoms with E-state index in [0.29, 0.717) is 37.9 Å². The van der Waals surface area contributed by atoms with Gasteiger partial charge in [0.15, 0.2) is 5.69 Å². The molecule has 24 heavy (non-hydrogen) atoms. The van der Waals surface area contributed by atoms with Gasteiger partial charge in [-0.3, -0.25) is 4.79 Å². The van der Waals surface area contributed by atoms with Crippen molar-refractivity contribution in [2.24, 2.45) is 0 Å². The average Bonchev–Trinajstić information content (AvgIpc) is 2.63. The van der Waals surface area contributed by atoms with Crippen LogP contribution in [-0.2, 0) is 4.74 Å². The summed E-state index contributed by atoms with van der Waals surface area (Å²) >= 11 is 7.75. The van der Waals surface area contributed by atoms with Crippen LogP contribution >= 0.6 is 23.4 Å². The number of hydrogen-bond acceptors (Lipinski definition) is 6. The van der Waals surface area contributed by atoms with Gasteiger partial charge in [0, 0.05) is 23.7 Å². The van der Waals surface area contributed by atoms with Crippen molar-refractivity contribution in [1.29, 1.82) is 0 Å². The summed E-state index contributed by atoms with van der Waals surface area (Å²) in [5.74, 6) is 0.138. The highest BCUT2D eigenvalue weighted by molar-refractivity contribution is 7.98. The minimum absolute atomic E-state index is 0.169. The largest absolute Gasteiger partial charge is 0.378 e. The highest BCUT2D eigenvalue weighted by atomic mass is 35.5. The zero-order valence-corrected chi connectivity index (χ0v) is 14.7. The van der Waals surface area contributed by atoms with Gasteiger partial charge in [-0.05, 0) is 30.5 Å². The van der Waals surface area contributed by atoms with Gasteiger partial charge >= 0.3 is 0 Å². The van der Waals surface area contributed by atoms with Gasteiger partial charge in [0.25, 0.3) is 5.91 Å². The van der Waals surface area contributed by atoms with Crippen molar-refractivity contribution >= 4 is 40.9 Å². The monoisotopic (exact) mass is 364 g/mol. The van der Waals surface area contributed by atoms with Crippen LogP contribution in [0.25, 0.3) is 0 Å². The fourth-order valence-corrected chi connectivity index (χ4v) is 2.88.